The highest BCUT2D eigenvalue weighted by atomic mass is 15.3. The van der Waals surface area contributed by atoms with E-state index in [0.29, 0.717) is 12.1 Å². The normalized spacial score (nSPS) is 23.5. The lowest BCUT2D eigenvalue weighted by Crippen LogP contribution is -2.51. The van der Waals surface area contributed by atoms with Crippen LogP contribution in [0.5, 0.6) is 0 Å². The first-order valence-corrected chi connectivity index (χ1v) is 7.26. The van der Waals surface area contributed by atoms with Crippen LogP contribution in [0.25, 0.3) is 0 Å². The van der Waals surface area contributed by atoms with Crippen LogP contribution in [0, 0.1) is 6.92 Å². The van der Waals surface area contributed by atoms with E-state index in [0.717, 1.165) is 6.54 Å². The van der Waals surface area contributed by atoms with Gasteiger partial charge in [-0.1, -0.05) is 29.8 Å². The lowest BCUT2D eigenvalue weighted by atomic mass is 10.0. The minimum absolute atomic E-state index is 0.426. The quantitative estimate of drug-likeness (QED) is 0.893. The van der Waals surface area contributed by atoms with E-state index in [1.807, 2.05) is 0 Å². The molecule has 1 saturated heterocycles. The molecule has 0 radical (unpaired) electrons. The van der Waals surface area contributed by atoms with Crippen molar-refractivity contribution in [2.24, 2.45) is 0 Å². The van der Waals surface area contributed by atoms with Gasteiger partial charge in [-0.2, -0.15) is 0 Å². The maximum Gasteiger partial charge on any atom is 0.0446 e. The van der Waals surface area contributed by atoms with Crippen molar-refractivity contribution < 1.29 is 0 Å². The van der Waals surface area contributed by atoms with Gasteiger partial charge in [0.05, 0.1) is 0 Å². The Morgan fingerprint density at radius 2 is 2.16 bits per heavy atom. The second-order valence-corrected chi connectivity index (χ2v) is 5.84. The first-order chi connectivity index (χ1) is 9.10. The monoisotopic (exact) mass is 261 g/mol. The molecule has 1 heterocycles. The van der Waals surface area contributed by atoms with Crippen molar-refractivity contribution in [2.45, 2.75) is 25.9 Å². The summed E-state index contributed by atoms with van der Waals surface area (Å²) < 4.78 is 0. The lowest BCUT2D eigenvalue weighted by molar-refractivity contribution is 0.0977. The molecular weight excluding hydrogens is 234 g/mol. The van der Waals surface area contributed by atoms with Crippen LogP contribution in [0.3, 0.4) is 0 Å². The van der Waals surface area contributed by atoms with E-state index in [2.05, 4.69) is 67.3 Å². The average Bonchev–Trinajstić information content (AvgIpc) is 2.40. The Labute approximate surface area is 117 Å². The molecule has 0 bridgehead atoms. The number of piperazine rings is 1. The Kier molecular flexibility index (Phi) is 4.97. The van der Waals surface area contributed by atoms with Crippen LogP contribution in [-0.4, -0.2) is 56.1 Å². The third kappa shape index (κ3) is 3.78. The number of hydrogen-bond donors (Lipinski definition) is 1. The molecule has 1 aliphatic heterocycles. The van der Waals surface area contributed by atoms with E-state index < -0.39 is 0 Å². The van der Waals surface area contributed by atoms with E-state index in [4.69, 9.17) is 0 Å². The molecule has 0 spiro atoms. The molecule has 0 saturated carbocycles. The van der Waals surface area contributed by atoms with Crippen LogP contribution in [-0.2, 0) is 0 Å². The fourth-order valence-corrected chi connectivity index (χ4v) is 2.80. The Morgan fingerprint density at radius 1 is 1.37 bits per heavy atom. The minimum Gasteiger partial charge on any atom is -0.312 e. The smallest absolute Gasteiger partial charge is 0.0446 e. The van der Waals surface area contributed by atoms with Gasteiger partial charge < -0.3 is 10.2 Å². The van der Waals surface area contributed by atoms with E-state index in [9.17, 15) is 0 Å². The lowest BCUT2D eigenvalue weighted by Gasteiger charge is -2.39. The molecule has 2 atom stereocenters. The number of nitrogens with one attached hydrogen (secondary N) is 1. The van der Waals surface area contributed by atoms with Gasteiger partial charge in [0, 0.05) is 38.3 Å². The van der Waals surface area contributed by atoms with Gasteiger partial charge in [0.1, 0.15) is 0 Å². The van der Waals surface area contributed by atoms with Gasteiger partial charge in [0.25, 0.3) is 0 Å². The Hall–Kier alpha value is -0.900. The minimum atomic E-state index is 0.426. The topological polar surface area (TPSA) is 18.5 Å². The van der Waals surface area contributed by atoms with Crippen LogP contribution in [0.1, 0.15) is 24.1 Å². The maximum absolute atomic E-state index is 3.46. The summed E-state index contributed by atoms with van der Waals surface area (Å²) in [4.78, 5) is 5.02. The number of likely N-dealkylation sites (N-methyl/N-ethyl adjacent to an activating group) is 2. The fraction of sp³-hybridized carbons (Fsp3) is 0.625. The van der Waals surface area contributed by atoms with Gasteiger partial charge in [-0.3, -0.25) is 4.90 Å². The highest BCUT2D eigenvalue weighted by Crippen LogP contribution is 2.17. The summed E-state index contributed by atoms with van der Waals surface area (Å²) in [6, 6.07) is 9.92. The molecule has 3 heteroatoms. The summed E-state index contributed by atoms with van der Waals surface area (Å²) in [7, 11) is 4.28. The standard InChI is InChI=1S/C16H27N3/c1-13-6-5-7-15(10-13)16(17-3)12-19-9-8-18(4)14(2)11-19/h5-7,10,14,16-17H,8-9,11-12H2,1-4H3. The van der Waals surface area contributed by atoms with Crippen LogP contribution < -0.4 is 5.32 Å². The van der Waals surface area contributed by atoms with Gasteiger partial charge in [-0.25, -0.2) is 0 Å². The van der Waals surface area contributed by atoms with Crippen molar-refractivity contribution >= 4 is 0 Å². The number of aryl methyl sites for hydroxylation is 1. The molecule has 0 aromatic heterocycles. The van der Waals surface area contributed by atoms with Crippen molar-refractivity contribution in [2.75, 3.05) is 40.3 Å². The summed E-state index contributed by atoms with van der Waals surface area (Å²) in [5, 5.41) is 3.46. The molecule has 3 nitrogen and oxygen atoms in total. The fourth-order valence-electron chi connectivity index (χ4n) is 2.80. The largest absolute Gasteiger partial charge is 0.312 e. The molecular formula is C16H27N3. The van der Waals surface area contributed by atoms with Gasteiger partial charge in [0.2, 0.25) is 0 Å². The van der Waals surface area contributed by atoms with Crippen molar-refractivity contribution in [1.82, 2.24) is 15.1 Å². The summed E-state index contributed by atoms with van der Waals surface area (Å²) >= 11 is 0. The van der Waals surface area contributed by atoms with Gasteiger partial charge in [-0.05, 0) is 33.5 Å². The zero-order valence-corrected chi connectivity index (χ0v) is 12.7. The zero-order valence-electron chi connectivity index (χ0n) is 12.7. The first-order valence-electron chi connectivity index (χ1n) is 7.26. The number of hydrogen-bond acceptors (Lipinski definition) is 3. The Morgan fingerprint density at radius 3 is 2.79 bits per heavy atom. The molecule has 0 amide bonds. The van der Waals surface area contributed by atoms with E-state index in [-0.39, 0.29) is 0 Å². The molecule has 0 aliphatic carbocycles. The highest BCUT2D eigenvalue weighted by molar-refractivity contribution is 5.25. The SMILES string of the molecule is CNC(CN1CCN(C)C(C)C1)c1cccc(C)c1. The molecule has 1 aliphatic rings. The Balaban J connectivity index is 1.99. The molecule has 2 rings (SSSR count). The molecule has 1 aromatic rings. The van der Waals surface area contributed by atoms with Gasteiger partial charge >= 0.3 is 0 Å². The average molecular weight is 261 g/mol. The van der Waals surface area contributed by atoms with E-state index in [1.54, 1.807) is 0 Å². The van der Waals surface area contributed by atoms with E-state index >= 15 is 0 Å². The predicted octanol–water partition coefficient (Wildman–Crippen LogP) is 1.89. The third-order valence-corrected chi connectivity index (χ3v) is 4.28. The van der Waals surface area contributed by atoms with Crippen molar-refractivity contribution in [1.29, 1.82) is 0 Å². The van der Waals surface area contributed by atoms with Crippen LogP contribution in [0.15, 0.2) is 24.3 Å². The van der Waals surface area contributed by atoms with Gasteiger partial charge in [-0.15, -0.1) is 0 Å². The Bertz CT molecular complexity index is 405. The number of nitrogens with zero attached hydrogens (tertiary/aromatic N) is 2. The molecule has 106 valence electrons. The maximum atomic E-state index is 3.46. The molecule has 1 N–H and O–H groups in total. The van der Waals surface area contributed by atoms with Crippen molar-refractivity contribution in [3.8, 4) is 0 Å². The predicted molar refractivity (Wildman–Crippen MR) is 81.5 cm³/mol. The second-order valence-electron chi connectivity index (χ2n) is 5.84. The number of rotatable bonds is 4. The summed E-state index contributed by atoms with van der Waals surface area (Å²) in [6.07, 6.45) is 0. The summed E-state index contributed by atoms with van der Waals surface area (Å²) in [5.74, 6) is 0. The third-order valence-electron chi connectivity index (χ3n) is 4.28. The van der Waals surface area contributed by atoms with Crippen LogP contribution in [0.4, 0.5) is 0 Å². The van der Waals surface area contributed by atoms with E-state index in [1.165, 1.54) is 30.8 Å². The first kappa shape index (κ1) is 14.5. The molecule has 2 unspecified atom stereocenters. The summed E-state index contributed by atoms with van der Waals surface area (Å²) in [6.45, 7) is 9.08. The number of benzene rings is 1. The molecule has 19 heavy (non-hydrogen) atoms. The van der Waals surface area contributed by atoms with Gasteiger partial charge in [0.15, 0.2) is 0 Å². The van der Waals surface area contributed by atoms with Crippen LogP contribution >= 0.6 is 0 Å². The van der Waals surface area contributed by atoms with Crippen molar-refractivity contribution in [3.05, 3.63) is 35.4 Å². The second kappa shape index (κ2) is 6.51. The summed E-state index contributed by atoms with van der Waals surface area (Å²) in [5.41, 5.74) is 2.73. The molecule has 1 fully saturated rings. The zero-order chi connectivity index (χ0) is 13.8. The van der Waals surface area contributed by atoms with Crippen LogP contribution in [0.2, 0.25) is 0 Å². The highest BCUT2D eigenvalue weighted by Gasteiger charge is 2.23. The molecule has 1 aromatic carbocycles. The van der Waals surface area contributed by atoms with Crippen molar-refractivity contribution in [3.63, 3.8) is 0 Å².